The number of carbonyl (C=O) groups excluding carboxylic acids is 2. The van der Waals surface area contributed by atoms with E-state index >= 15 is 0 Å². The predicted octanol–water partition coefficient (Wildman–Crippen LogP) is 1.88. The van der Waals surface area contributed by atoms with Crippen LogP contribution in [0.5, 0.6) is 0 Å². The highest BCUT2D eigenvalue weighted by Gasteiger charge is 2.22. The van der Waals surface area contributed by atoms with Crippen molar-refractivity contribution >= 4 is 17.6 Å². The number of rotatable bonds is 6. The number of nitrogens with one attached hydrogen (secondary N) is 1. The molecule has 2 aromatic carbocycles. The van der Waals surface area contributed by atoms with Gasteiger partial charge in [-0.25, -0.2) is 9.48 Å². The van der Waals surface area contributed by atoms with Crippen molar-refractivity contribution in [2.45, 2.75) is 12.5 Å². The lowest BCUT2D eigenvalue weighted by Crippen LogP contribution is -2.28. The number of amides is 1. The van der Waals surface area contributed by atoms with Gasteiger partial charge in [-0.2, -0.15) is 0 Å². The van der Waals surface area contributed by atoms with Crippen LogP contribution in [0.3, 0.4) is 0 Å². The van der Waals surface area contributed by atoms with Crippen molar-refractivity contribution in [3.63, 3.8) is 0 Å². The van der Waals surface area contributed by atoms with Gasteiger partial charge in [0.25, 0.3) is 0 Å². The van der Waals surface area contributed by atoms with Gasteiger partial charge in [0.1, 0.15) is 12.4 Å². The molecule has 8 nitrogen and oxygen atoms in total. The Morgan fingerprint density at radius 2 is 1.85 bits per heavy atom. The summed E-state index contributed by atoms with van der Waals surface area (Å²) in [5.74, 6) is -0.689. The predicted molar refractivity (Wildman–Crippen MR) is 93.4 cm³/mol. The zero-order valence-corrected chi connectivity index (χ0v) is 14.1. The van der Waals surface area contributed by atoms with Crippen molar-refractivity contribution in [1.82, 2.24) is 20.2 Å². The first-order valence-corrected chi connectivity index (χ1v) is 7.93. The fourth-order valence-electron chi connectivity index (χ4n) is 2.49. The topological polar surface area (TPSA) is 99.0 Å². The molecule has 0 fully saturated rings. The SMILES string of the molecule is COC(=O)c1ccc(NC(=O)C(Cc2ccccc2)n2cnnn2)cc1. The Labute approximate surface area is 149 Å². The molecular weight excluding hydrogens is 334 g/mol. The minimum atomic E-state index is -0.604. The number of hydrogen-bond acceptors (Lipinski definition) is 6. The zero-order chi connectivity index (χ0) is 18.4. The number of esters is 1. The molecule has 0 spiro atoms. The fourth-order valence-corrected chi connectivity index (χ4v) is 2.49. The van der Waals surface area contributed by atoms with Crippen LogP contribution in [0, 0.1) is 0 Å². The van der Waals surface area contributed by atoms with E-state index in [0.29, 0.717) is 17.7 Å². The summed E-state index contributed by atoms with van der Waals surface area (Å²) in [6.07, 6.45) is 1.85. The molecule has 0 aliphatic heterocycles. The van der Waals surface area contributed by atoms with Crippen LogP contribution in [0.25, 0.3) is 0 Å². The second-order valence-corrected chi connectivity index (χ2v) is 5.55. The van der Waals surface area contributed by atoms with Gasteiger partial charge in [-0.05, 0) is 40.3 Å². The van der Waals surface area contributed by atoms with Gasteiger partial charge in [0.2, 0.25) is 5.91 Å². The van der Waals surface area contributed by atoms with E-state index in [0.717, 1.165) is 5.56 Å². The zero-order valence-electron chi connectivity index (χ0n) is 14.1. The molecule has 132 valence electrons. The number of nitrogens with zero attached hydrogens (tertiary/aromatic N) is 4. The summed E-state index contributed by atoms with van der Waals surface area (Å²) < 4.78 is 6.08. The first kappa shape index (κ1) is 17.3. The molecule has 1 atom stereocenters. The highest BCUT2D eigenvalue weighted by molar-refractivity contribution is 5.95. The summed E-state index contributed by atoms with van der Waals surface area (Å²) in [5, 5.41) is 13.9. The molecule has 0 aliphatic carbocycles. The van der Waals surface area contributed by atoms with Crippen LogP contribution in [0.4, 0.5) is 5.69 Å². The maximum Gasteiger partial charge on any atom is 0.337 e. The van der Waals surface area contributed by atoms with Crippen LogP contribution >= 0.6 is 0 Å². The average Bonchev–Trinajstić information content (AvgIpc) is 3.21. The van der Waals surface area contributed by atoms with Crippen LogP contribution in [0.1, 0.15) is 22.0 Å². The third-order valence-corrected chi connectivity index (χ3v) is 3.83. The molecule has 1 heterocycles. The Morgan fingerprint density at radius 1 is 1.12 bits per heavy atom. The number of carbonyl (C=O) groups is 2. The third kappa shape index (κ3) is 4.10. The minimum Gasteiger partial charge on any atom is -0.465 e. The van der Waals surface area contributed by atoms with E-state index < -0.39 is 12.0 Å². The van der Waals surface area contributed by atoms with Crippen LogP contribution in [-0.2, 0) is 16.0 Å². The van der Waals surface area contributed by atoms with E-state index in [1.807, 2.05) is 30.3 Å². The quantitative estimate of drug-likeness (QED) is 0.681. The standard InChI is InChI=1S/C18H17N5O3/c1-26-18(25)14-7-9-15(10-8-14)20-17(24)16(23-12-19-21-22-23)11-13-5-3-2-4-6-13/h2-10,12,16H,11H2,1H3,(H,20,24). The Bertz CT molecular complexity index is 864. The van der Waals surface area contributed by atoms with E-state index in [9.17, 15) is 9.59 Å². The second kappa shape index (κ2) is 8.02. The molecule has 0 radical (unpaired) electrons. The monoisotopic (exact) mass is 351 g/mol. The van der Waals surface area contributed by atoms with Crippen molar-refractivity contribution in [2.75, 3.05) is 12.4 Å². The number of aromatic nitrogens is 4. The van der Waals surface area contributed by atoms with Crippen molar-refractivity contribution < 1.29 is 14.3 Å². The molecule has 3 aromatic rings. The molecular formula is C18H17N5O3. The second-order valence-electron chi connectivity index (χ2n) is 5.55. The molecule has 26 heavy (non-hydrogen) atoms. The number of anilines is 1. The van der Waals surface area contributed by atoms with Gasteiger partial charge >= 0.3 is 5.97 Å². The maximum absolute atomic E-state index is 12.8. The van der Waals surface area contributed by atoms with Gasteiger partial charge in [0.15, 0.2) is 0 Å². The number of ether oxygens (including phenoxy) is 1. The smallest absolute Gasteiger partial charge is 0.337 e. The van der Waals surface area contributed by atoms with E-state index in [4.69, 9.17) is 0 Å². The van der Waals surface area contributed by atoms with Crippen LogP contribution < -0.4 is 5.32 Å². The Kier molecular flexibility index (Phi) is 5.33. The van der Waals surface area contributed by atoms with Gasteiger partial charge in [-0.3, -0.25) is 4.79 Å². The van der Waals surface area contributed by atoms with Crippen LogP contribution in [0.2, 0.25) is 0 Å². The van der Waals surface area contributed by atoms with Crippen molar-refractivity contribution in [3.05, 3.63) is 72.1 Å². The molecule has 0 saturated heterocycles. The molecule has 1 aromatic heterocycles. The van der Waals surface area contributed by atoms with Crippen molar-refractivity contribution in [3.8, 4) is 0 Å². The Balaban J connectivity index is 1.76. The minimum absolute atomic E-state index is 0.257. The Hall–Kier alpha value is -3.55. The average molecular weight is 351 g/mol. The van der Waals surface area contributed by atoms with E-state index in [2.05, 4.69) is 25.6 Å². The Morgan fingerprint density at radius 3 is 2.46 bits per heavy atom. The lowest BCUT2D eigenvalue weighted by molar-refractivity contribution is -0.119. The molecule has 0 bridgehead atoms. The molecule has 1 N–H and O–H groups in total. The molecule has 8 heteroatoms. The first-order valence-electron chi connectivity index (χ1n) is 7.93. The van der Waals surface area contributed by atoms with Gasteiger partial charge in [-0.1, -0.05) is 30.3 Å². The van der Waals surface area contributed by atoms with Gasteiger partial charge in [0.05, 0.1) is 12.7 Å². The van der Waals surface area contributed by atoms with Gasteiger partial charge in [0, 0.05) is 12.1 Å². The van der Waals surface area contributed by atoms with E-state index in [1.165, 1.54) is 18.1 Å². The molecule has 3 rings (SSSR count). The molecule has 0 aliphatic rings. The number of benzene rings is 2. The maximum atomic E-state index is 12.8. The van der Waals surface area contributed by atoms with Crippen molar-refractivity contribution in [2.24, 2.45) is 0 Å². The third-order valence-electron chi connectivity index (χ3n) is 3.83. The lowest BCUT2D eigenvalue weighted by atomic mass is 10.1. The summed E-state index contributed by atoms with van der Waals surface area (Å²) in [4.78, 5) is 24.2. The fraction of sp³-hybridized carbons (Fsp3) is 0.167. The number of tetrazole rings is 1. The van der Waals surface area contributed by atoms with Crippen molar-refractivity contribution in [1.29, 1.82) is 0 Å². The summed E-state index contributed by atoms with van der Waals surface area (Å²) in [7, 11) is 1.32. The molecule has 1 amide bonds. The summed E-state index contributed by atoms with van der Waals surface area (Å²) in [6, 6.07) is 15.5. The summed E-state index contributed by atoms with van der Waals surface area (Å²) in [5.41, 5.74) is 1.96. The lowest BCUT2D eigenvalue weighted by Gasteiger charge is -2.16. The van der Waals surface area contributed by atoms with Crippen LogP contribution in [-0.4, -0.2) is 39.2 Å². The highest BCUT2D eigenvalue weighted by Crippen LogP contribution is 2.17. The molecule has 0 saturated carbocycles. The first-order chi connectivity index (χ1) is 12.7. The summed E-state index contributed by atoms with van der Waals surface area (Å²) >= 11 is 0. The highest BCUT2D eigenvalue weighted by atomic mass is 16.5. The number of hydrogen-bond donors (Lipinski definition) is 1. The van der Waals surface area contributed by atoms with E-state index in [-0.39, 0.29) is 5.91 Å². The summed E-state index contributed by atoms with van der Waals surface area (Å²) in [6.45, 7) is 0. The van der Waals surface area contributed by atoms with Crippen LogP contribution in [0.15, 0.2) is 60.9 Å². The number of methoxy groups -OCH3 is 1. The van der Waals surface area contributed by atoms with E-state index in [1.54, 1.807) is 24.3 Å². The largest absolute Gasteiger partial charge is 0.465 e. The van der Waals surface area contributed by atoms with Gasteiger partial charge in [-0.15, -0.1) is 5.10 Å². The van der Waals surface area contributed by atoms with Gasteiger partial charge < -0.3 is 10.1 Å². The molecule has 1 unspecified atom stereocenters. The normalized spacial score (nSPS) is 11.6.